The van der Waals surface area contributed by atoms with E-state index in [1.807, 2.05) is 0 Å². The minimum atomic E-state index is 1.20. The van der Waals surface area contributed by atoms with Crippen LogP contribution in [0.25, 0.3) is 42.7 Å². The van der Waals surface area contributed by atoms with Gasteiger partial charge < -0.3 is 4.98 Å². The summed E-state index contributed by atoms with van der Waals surface area (Å²) in [6.07, 6.45) is 0. The summed E-state index contributed by atoms with van der Waals surface area (Å²) in [5.74, 6) is 0. The Morgan fingerprint density at radius 1 is 0.652 bits per heavy atom. The molecule has 1 N–H and O–H groups in total. The predicted octanol–water partition coefficient (Wildman–Crippen LogP) is 6.78. The van der Waals surface area contributed by atoms with Gasteiger partial charge in [-0.05, 0) is 29.0 Å². The van der Waals surface area contributed by atoms with Crippen molar-refractivity contribution in [2.75, 3.05) is 0 Å². The van der Waals surface area contributed by atoms with Crippen molar-refractivity contribution in [3.05, 3.63) is 71.4 Å². The molecule has 0 unspecified atom stereocenters. The molecule has 0 saturated carbocycles. The van der Waals surface area contributed by atoms with Gasteiger partial charge in [-0.1, -0.05) is 42.5 Å². The van der Waals surface area contributed by atoms with Crippen molar-refractivity contribution in [3.63, 3.8) is 0 Å². The number of hydrogen-bond acceptors (Lipinski definition) is 2. The van der Waals surface area contributed by atoms with Crippen LogP contribution in [0.3, 0.4) is 0 Å². The topological polar surface area (TPSA) is 15.8 Å². The molecule has 5 rings (SSSR count). The molecule has 0 fully saturated rings. The van der Waals surface area contributed by atoms with Crippen LogP contribution in [0.2, 0.25) is 0 Å². The monoisotopic (exact) mass is 331 g/mol. The summed E-state index contributed by atoms with van der Waals surface area (Å²) < 4.78 is 0. The first-order valence-electron chi connectivity index (χ1n) is 7.53. The normalized spacial score (nSPS) is 11.5. The van der Waals surface area contributed by atoms with Crippen LogP contribution in [0.1, 0.15) is 0 Å². The molecule has 5 aromatic rings. The Morgan fingerprint density at radius 2 is 1.43 bits per heavy atom. The zero-order valence-corrected chi connectivity index (χ0v) is 13.9. The van der Waals surface area contributed by atoms with Gasteiger partial charge in [0.2, 0.25) is 0 Å². The standard InChI is InChI=1S/C20H13NS2/c1-2-6-16-13(5-1)14-9-10-15(17-7-3-11-22-17)19(20(14)21-16)18-8-4-12-23-18/h1-12,21H. The predicted molar refractivity (Wildman–Crippen MR) is 102 cm³/mol. The number of para-hydroxylation sites is 1. The molecular formula is C20H13NS2. The van der Waals surface area contributed by atoms with Crippen molar-refractivity contribution in [1.82, 2.24) is 4.98 Å². The summed E-state index contributed by atoms with van der Waals surface area (Å²) in [7, 11) is 0. The van der Waals surface area contributed by atoms with Crippen molar-refractivity contribution >= 4 is 44.5 Å². The van der Waals surface area contributed by atoms with Crippen molar-refractivity contribution < 1.29 is 0 Å². The molecule has 0 spiro atoms. The van der Waals surface area contributed by atoms with Crippen molar-refractivity contribution in [1.29, 1.82) is 0 Å². The van der Waals surface area contributed by atoms with Crippen LogP contribution in [0.4, 0.5) is 0 Å². The Hall–Kier alpha value is -2.36. The molecule has 3 heteroatoms. The van der Waals surface area contributed by atoms with Gasteiger partial charge in [-0.15, -0.1) is 22.7 Å². The zero-order chi connectivity index (χ0) is 15.2. The Morgan fingerprint density at radius 3 is 2.22 bits per heavy atom. The summed E-state index contributed by atoms with van der Waals surface area (Å²) >= 11 is 3.59. The van der Waals surface area contributed by atoms with Crippen LogP contribution >= 0.6 is 22.7 Å². The molecule has 1 nitrogen and oxygen atoms in total. The maximum Gasteiger partial charge on any atom is 0.0559 e. The minimum Gasteiger partial charge on any atom is -0.354 e. The van der Waals surface area contributed by atoms with E-state index in [-0.39, 0.29) is 0 Å². The summed E-state index contributed by atoms with van der Waals surface area (Å²) in [5.41, 5.74) is 5.06. The molecule has 0 bridgehead atoms. The van der Waals surface area contributed by atoms with Gasteiger partial charge in [0, 0.05) is 37.2 Å². The average molecular weight is 331 g/mol. The minimum absolute atomic E-state index is 1.20. The highest BCUT2D eigenvalue weighted by molar-refractivity contribution is 7.14. The van der Waals surface area contributed by atoms with Crippen molar-refractivity contribution in [3.8, 4) is 20.9 Å². The fourth-order valence-corrected chi connectivity index (χ4v) is 4.78. The fourth-order valence-electron chi connectivity index (χ4n) is 3.23. The lowest BCUT2D eigenvalue weighted by atomic mass is 10.0. The van der Waals surface area contributed by atoms with Crippen LogP contribution in [0, 0.1) is 0 Å². The van der Waals surface area contributed by atoms with Gasteiger partial charge in [-0.3, -0.25) is 0 Å². The van der Waals surface area contributed by atoms with Crippen molar-refractivity contribution in [2.45, 2.75) is 0 Å². The molecule has 2 aromatic carbocycles. The molecule has 0 atom stereocenters. The van der Waals surface area contributed by atoms with E-state index in [0.717, 1.165) is 0 Å². The Bertz CT molecular complexity index is 1100. The van der Waals surface area contributed by atoms with Crippen LogP contribution in [0.5, 0.6) is 0 Å². The third-order valence-corrected chi connectivity index (χ3v) is 6.03. The van der Waals surface area contributed by atoms with Gasteiger partial charge in [-0.2, -0.15) is 0 Å². The van der Waals surface area contributed by atoms with Gasteiger partial charge in [0.1, 0.15) is 0 Å². The quantitative estimate of drug-likeness (QED) is 0.367. The number of aromatic nitrogens is 1. The maximum atomic E-state index is 3.65. The molecular weight excluding hydrogens is 318 g/mol. The molecule has 0 aliphatic heterocycles. The molecule has 0 amide bonds. The van der Waals surface area contributed by atoms with Gasteiger partial charge in [0.05, 0.1) is 5.52 Å². The SMILES string of the molecule is c1csc(-c2ccc3c([nH]c4ccccc43)c2-c2cccs2)c1. The van der Waals surface area contributed by atoms with Gasteiger partial charge in [-0.25, -0.2) is 0 Å². The second-order valence-corrected chi connectivity index (χ2v) is 7.43. The highest BCUT2D eigenvalue weighted by Gasteiger charge is 2.16. The second kappa shape index (κ2) is 5.08. The number of aromatic amines is 1. The number of nitrogens with one attached hydrogen (secondary N) is 1. The van der Waals surface area contributed by atoms with Crippen LogP contribution < -0.4 is 0 Å². The fraction of sp³-hybridized carbons (Fsp3) is 0. The molecule has 0 aliphatic rings. The summed E-state index contributed by atoms with van der Waals surface area (Å²) in [5, 5.41) is 6.88. The summed E-state index contributed by atoms with van der Waals surface area (Å²) in [6, 6.07) is 21.7. The summed E-state index contributed by atoms with van der Waals surface area (Å²) in [6.45, 7) is 0. The number of thiophene rings is 2. The summed E-state index contributed by atoms with van der Waals surface area (Å²) in [4.78, 5) is 6.27. The van der Waals surface area contributed by atoms with E-state index in [4.69, 9.17) is 0 Å². The lowest BCUT2D eigenvalue weighted by Gasteiger charge is -2.08. The first-order valence-corrected chi connectivity index (χ1v) is 9.29. The smallest absolute Gasteiger partial charge is 0.0559 e. The maximum absolute atomic E-state index is 3.65. The number of benzene rings is 2. The first kappa shape index (κ1) is 13.1. The zero-order valence-electron chi connectivity index (χ0n) is 12.2. The van der Waals surface area contributed by atoms with Crippen LogP contribution in [-0.2, 0) is 0 Å². The molecule has 3 heterocycles. The van der Waals surface area contributed by atoms with Gasteiger partial charge in [0.15, 0.2) is 0 Å². The third-order valence-electron chi connectivity index (χ3n) is 4.24. The second-order valence-electron chi connectivity index (χ2n) is 5.54. The highest BCUT2D eigenvalue weighted by atomic mass is 32.1. The number of fused-ring (bicyclic) bond motifs is 3. The third kappa shape index (κ3) is 1.97. The number of rotatable bonds is 2. The van der Waals surface area contributed by atoms with E-state index in [9.17, 15) is 0 Å². The van der Waals surface area contributed by atoms with E-state index in [1.165, 1.54) is 42.7 Å². The average Bonchev–Trinajstić information content (AvgIpc) is 3.33. The lowest BCUT2D eigenvalue weighted by Crippen LogP contribution is -1.83. The molecule has 0 saturated heterocycles. The largest absolute Gasteiger partial charge is 0.354 e. The van der Waals surface area contributed by atoms with Crippen LogP contribution in [-0.4, -0.2) is 4.98 Å². The molecule has 23 heavy (non-hydrogen) atoms. The first-order chi connectivity index (χ1) is 11.4. The van der Waals surface area contributed by atoms with Gasteiger partial charge >= 0.3 is 0 Å². The van der Waals surface area contributed by atoms with Crippen molar-refractivity contribution in [2.24, 2.45) is 0 Å². The molecule has 0 radical (unpaired) electrons. The van der Waals surface area contributed by atoms with Gasteiger partial charge in [0.25, 0.3) is 0 Å². The Balaban J connectivity index is 1.96. The highest BCUT2D eigenvalue weighted by Crippen LogP contribution is 2.42. The molecule has 0 aliphatic carbocycles. The van der Waals surface area contributed by atoms with E-state index in [1.54, 1.807) is 22.7 Å². The van der Waals surface area contributed by atoms with E-state index in [2.05, 4.69) is 76.4 Å². The molecule has 110 valence electrons. The Labute approximate surface area is 141 Å². The van der Waals surface area contributed by atoms with Crippen LogP contribution in [0.15, 0.2) is 71.4 Å². The van der Waals surface area contributed by atoms with E-state index in [0.29, 0.717) is 0 Å². The Kier molecular flexibility index (Phi) is 2.90. The molecule has 3 aromatic heterocycles. The number of hydrogen-bond donors (Lipinski definition) is 1. The van der Waals surface area contributed by atoms with E-state index < -0.39 is 0 Å². The number of H-pyrrole nitrogens is 1. The van der Waals surface area contributed by atoms with E-state index >= 15 is 0 Å². The lowest BCUT2D eigenvalue weighted by molar-refractivity contribution is 1.55.